The third kappa shape index (κ3) is 16.7. The average molecular weight is 323 g/mol. The van der Waals surface area contributed by atoms with Crippen LogP contribution in [0.2, 0.25) is 0 Å². The summed E-state index contributed by atoms with van der Waals surface area (Å²) in [7, 11) is -1.52. The van der Waals surface area contributed by atoms with E-state index < -0.39 is 14.0 Å². The van der Waals surface area contributed by atoms with E-state index in [2.05, 4.69) is 13.2 Å². The Hall–Kier alpha value is -1.23. The zero-order chi connectivity index (χ0) is 14.7. The van der Waals surface area contributed by atoms with Crippen LogP contribution in [0.15, 0.2) is 24.5 Å². The van der Waals surface area contributed by atoms with E-state index in [0.717, 1.165) is 12.8 Å². The molecule has 21 heavy (non-hydrogen) atoms. The van der Waals surface area contributed by atoms with Gasteiger partial charge in [-0.05, 0) is 24.3 Å². The second-order valence-corrected chi connectivity index (χ2v) is 5.17. The Labute approximate surface area is 128 Å². The van der Waals surface area contributed by atoms with E-state index in [4.69, 9.17) is 14.0 Å². The smallest absolute Gasteiger partial charge is 0.495 e. The van der Waals surface area contributed by atoms with E-state index in [9.17, 15) is 9.36 Å². The highest BCUT2D eigenvalue weighted by Gasteiger charge is 2.06. The summed E-state index contributed by atoms with van der Waals surface area (Å²) < 4.78 is 25.8. The lowest BCUT2D eigenvalue weighted by Gasteiger charge is -2.09. The summed E-state index contributed by atoms with van der Waals surface area (Å²) in [5.41, 5.74) is 0.369. The summed E-state index contributed by atoms with van der Waals surface area (Å²) in [6.07, 6.45) is 2.37. The Morgan fingerprint density at radius 3 is 2.19 bits per heavy atom. The first-order valence-electron chi connectivity index (χ1n) is 6.10. The molecule has 0 aliphatic rings. The van der Waals surface area contributed by atoms with Gasteiger partial charge in [0, 0.05) is 12.0 Å². The van der Waals surface area contributed by atoms with Crippen LogP contribution in [0.3, 0.4) is 0 Å². The molecule has 2 N–H and O–H groups in total. The fourth-order valence-corrected chi connectivity index (χ4v) is 1.52. The van der Waals surface area contributed by atoms with E-state index in [1.165, 1.54) is 6.66 Å². The Morgan fingerprint density at radius 1 is 1.10 bits per heavy atom. The van der Waals surface area contributed by atoms with Gasteiger partial charge in [-0.1, -0.05) is 20.6 Å². The number of ether oxygens (including phenoxy) is 2. The number of hydrogen-bond donors (Lipinski definition) is 0. The zero-order valence-corrected chi connectivity index (χ0v) is 13.0. The van der Waals surface area contributed by atoms with Gasteiger partial charge < -0.3 is 14.9 Å². The van der Waals surface area contributed by atoms with Gasteiger partial charge in [0.25, 0.3) is 0 Å². The molecule has 0 aromatic carbocycles. The van der Waals surface area contributed by atoms with Gasteiger partial charge in [-0.25, -0.2) is 4.79 Å². The summed E-state index contributed by atoms with van der Waals surface area (Å²) in [4.78, 5) is 11.0. The van der Waals surface area contributed by atoms with Crippen LogP contribution in [-0.4, -0.2) is 37.9 Å². The fourth-order valence-electron chi connectivity index (χ4n) is 1.13. The zero-order valence-electron chi connectivity index (χ0n) is 12.1. The van der Waals surface area contributed by atoms with Gasteiger partial charge >= 0.3 is 14.0 Å². The van der Waals surface area contributed by atoms with Crippen LogP contribution in [0.1, 0.15) is 33.6 Å². The van der Waals surface area contributed by atoms with E-state index in [-0.39, 0.29) is 26.1 Å². The van der Waals surface area contributed by atoms with Crippen LogP contribution in [0.25, 0.3) is 0 Å². The van der Waals surface area contributed by atoms with Gasteiger partial charge in [0.05, 0.1) is 5.76 Å². The molecule has 0 bridgehead atoms. The number of carbonyl (C=O) groups excluding carboxylic acids is 1. The first-order chi connectivity index (χ1) is 8.93. The second-order valence-electron chi connectivity index (χ2n) is 4.03. The van der Waals surface area contributed by atoms with Crippen molar-refractivity contribution in [1.82, 2.24) is 0 Å². The molecule has 0 aliphatic carbocycles. The number of carbonyl (C=O) groups is 1. The highest BCUT2D eigenvalue weighted by molar-refractivity contribution is 7.38. The largest absolute Gasteiger partial charge is 0.504 e. The van der Waals surface area contributed by atoms with Crippen LogP contribution in [0.4, 0.5) is 0 Å². The van der Waals surface area contributed by atoms with Crippen LogP contribution >= 0.6 is 8.03 Å². The lowest BCUT2D eigenvalue weighted by Crippen LogP contribution is -2.10. The van der Waals surface area contributed by atoms with Gasteiger partial charge in [-0.15, -0.1) is 4.52 Å². The first-order valence-corrected chi connectivity index (χ1v) is 7.73. The van der Waals surface area contributed by atoms with Gasteiger partial charge in [0.1, 0.15) is 19.8 Å². The van der Waals surface area contributed by atoms with E-state index in [1.54, 1.807) is 6.92 Å². The molecule has 7 heteroatoms. The maximum absolute atomic E-state index is 11.0. The number of unbranched alkanes of at least 4 members (excludes halogenated alkanes) is 1. The third-order valence-electron chi connectivity index (χ3n) is 2.09. The molecule has 0 saturated heterocycles. The molecule has 0 aliphatic heterocycles. The predicted molar refractivity (Wildman–Crippen MR) is 84.5 cm³/mol. The van der Waals surface area contributed by atoms with Crippen LogP contribution in [0, 0.1) is 0 Å². The minimum atomic E-state index is -1.52. The molecule has 0 aromatic heterocycles. The van der Waals surface area contributed by atoms with Gasteiger partial charge in [-0.2, -0.15) is 0 Å². The van der Waals surface area contributed by atoms with Crippen molar-refractivity contribution in [2.45, 2.75) is 33.6 Å². The molecular weight excluding hydrogens is 295 g/mol. The summed E-state index contributed by atoms with van der Waals surface area (Å²) >= 11 is 0. The molecule has 1 unspecified atom stereocenters. The maximum Gasteiger partial charge on any atom is 0.504 e. The monoisotopic (exact) mass is 323 g/mol. The first kappa shape index (κ1) is 24.8. The number of allylic oxidation sites excluding steroid dienone is 1. The van der Waals surface area contributed by atoms with E-state index >= 15 is 0 Å². The minimum Gasteiger partial charge on any atom is -0.495 e. The molecule has 0 spiro atoms. The third-order valence-corrected chi connectivity index (χ3v) is 2.64. The molecule has 0 amide bonds. The second kappa shape index (κ2) is 15.2. The van der Waals surface area contributed by atoms with Crippen molar-refractivity contribution in [3.63, 3.8) is 0 Å². The molecule has 0 radical (unpaired) electrons. The van der Waals surface area contributed by atoms with Crippen molar-refractivity contribution >= 4 is 14.0 Å². The summed E-state index contributed by atoms with van der Waals surface area (Å²) in [5, 5.41) is 0. The van der Waals surface area contributed by atoms with Gasteiger partial charge in [0.15, 0.2) is 6.66 Å². The normalized spacial score (nSPS) is 9.71. The SMILES string of the molecule is C.C=C(CCCCO[P+](C)=O)OCCOC(=O)C(=C)C.O. The summed E-state index contributed by atoms with van der Waals surface area (Å²) in [5.74, 6) is 0.229. The lowest BCUT2D eigenvalue weighted by atomic mass is 10.2. The molecule has 1 atom stereocenters. The van der Waals surface area contributed by atoms with Crippen molar-refractivity contribution in [3.05, 3.63) is 24.5 Å². The molecule has 0 saturated carbocycles. The number of esters is 1. The van der Waals surface area contributed by atoms with Crippen molar-refractivity contribution in [2.24, 2.45) is 0 Å². The Kier molecular flexibility index (Phi) is 17.9. The highest BCUT2D eigenvalue weighted by atomic mass is 31.1. The molecule has 0 aromatic rings. The van der Waals surface area contributed by atoms with Gasteiger partial charge in [0.2, 0.25) is 0 Å². The van der Waals surface area contributed by atoms with Crippen molar-refractivity contribution in [3.8, 4) is 0 Å². The summed E-state index contributed by atoms with van der Waals surface area (Å²) in [6, 6.07) is 0. The average Bonchev–Trinajstić information content (AvgIpc) is 2.33. The van der Waals surface area contributed by atoms with Crippen molar-refractivity contribution < 1.29 is 28.8 Å². The van der Waals surface area contributed by atoms with Crippen LogP contribution < -0.4 is 0 Å². The van der Waals surface area contributed by atoms with Crippen molar-refractivity contribution in [1.29, 1.82) is 0 Å². The van der Waals surface area contributed by atoms with Crippen LogP contribution in [0.5, 0.6) is 0 Å². The molecule has 0 heterocycles. The van der Waals surface area contributed by atoms with E-state index in [1.807, 2.05) is 0 Å². The van der Waals surface area contributed by atoms with E-state index in [0.29, 0.717) is 24.4 Å². The van der Waals surface area contributed by atoms with Crippen LogP contribution in [-0.2, 0) is 23.4 Å². The molecule has 0 rings (SSSR count). The molecule has 6 nitrogen and oxygen atoms in total. The Morgan fingerprint density at radius 2 is 1.67 bits per heavy atom. The summed E-state index contributed by atoms with van der Waals surface area (Å²) in [6.45, 7) is 11.3. The molecule has 124 valence electrons. The Bertz CT molecular complexity index is 340. The molecule has 0 fully saturated rings. The maximum atomic E-state index is 11.0. The highest BCUT2D eigenvalue weighted by Crippen LogP contribution is 2.16. The Balaban J connectivity index is -0.00000162. The number of hydrogen-bond acceptors (Lipinski definition) is 5. The van der Waals surface area contributed by atoms with Crippen molar-refractivity contribution in [2.75, 3.05) is 26.5 Å². The quantitative estimate of drug-likeness (QED) is 0.191. The predicted octanol–water partition coefficient (Wildman–Crippen LogP) is 3.01. The number of rotatable bonds is 11. The van der Waals surface area contributed by atoms with Gasteiger partial charge in [-0.3, -0.25) is 0 Å². The standard InChI is InChI=1S/C13H22O5P.CH4.H2O/c1-11(2)13(14)17-10-9-16-12(3)7-5-6-8-18-19(4)15;;/h1,3,5-10H2,2,4H3;1H4;1H2/q+1;;. The topological polar surface area (TPSA) is 93.3 Å². The minimum absolute atomic E-state index is 0. The molecular formula is C14H28O6P+. The fraction of sp³-hybridized carbons (Fsp3) is 0.643. The lowest BCUT2D eigenvalue weighted by molar-refractivity contribution is -0.140.